The number of benzene rings is 2. The summed E-state index contributed by atoms with van der Waals surface area (Å²) in [6.07, 6.45) is 0.575. The van der Waals surface area contributed by atoms with E-state index >= 15 is 0 Å². The number of hydrogen-bond acceptors (Lipinski definition) is 6. The van der Waals surface area contributed by atoms with Gasteiger partial charge in [0.2, 0.25) is 11.8 Å². The summed E-state index contributed by atoms with van der Waals surface area (Å²) >= 11 is 0. The molecule has 0 N–H and O–H groups in total. The first-order valence-corrected chi connectivity index (χ1v) is 13.1. The predicted molar refractivity (Wildman–Crippen MR) is 131 cm³/mol. The third kappa shape index (κ3) is 4.75. The van der Waals surface area contributed by atoms with Crippen LogP contribution in [0.2, 0.25) is 0 Å². The topological polar surface area (TPSA) is 87.2 Å². The molecular weight excluding hydrogens is 454 g/mol. The Morgan fingerprint density at radius 3 is 2.29 bits per heavy atom. The fraction of sp³-hybridized carbons (Fsp3) is 0.440. The first-order valence-electron chi connectivity index (χ1n) is 11.5. The zero-order valence-electron chi connectivity index (χ0n) is 19.9. The predicted octanol–water partition coefficient (Wildman–Crippen LogP) is 2.51. The van der Waals surface area contributed by atoms with Gasteiger partial charge in [-0.2, -0.15) is 0 Å². The molecule has 2 aromatic carbocycles. The van der Waals surface area contributed by atoms with Crippen molar-refractivity contribution in [2.75, 3.05) is 49.6 Å². The Labute approximate surface area is 201 Å². The van der Waals surface area contributed by atoms with E-state index < -0.39 is 15.1 Å². The van der Waals surface area contributed by atoms with Crippen molar-refractivity contribution < 1.29 is 22.7 Å². The van der Waals surface area contributed by atoms with Crippen LogP contribution in [0.3, 0.4) is 0 Å². The smallest absolute Gasteiger partial charge is 0.224 e. The Bertz CT molecular complexity index is 1170. The standard InChI is InChI=1S/C25H31N3O5S/c1-18(34(31,32)23-8-9-24-20(17-23)10-11-28(24)19(2)29)16-25(30)27-14-12-26(13-15-27)21-4-6-22(33-3)7-5-21/h4-9,17-18H,10-16H2,1-3H3. The minimum absolute atomic E-state index is 0.0540. The number of anilines is 2. The van der Waals surface area contributed by atoms with Gasteiger partial charge in [-0.1, -0.05) is 0 Å². The second-order valence-corrected chi connectivity index (χ2v) is 11.2. The summed E-state index contributed by atoms with van der Waals surface area (Å²) in [6, 6.07) is 12.7. The van der Waals surface area contributed by atoms with E-state index in [0.29, 0.717) is 39.1 Å². The van der Waals surface area contributed by atoms with Crippen LogP contribution in [0, 0.1) is 0 Å². The summed E-state index contributed by atoms with van der Waals surface area (Å²) in [5.41, 5.74) is 2.69. The minimum atomic E-state index is -3.67. The number of ether oxygens (including phenoxy) is 1. The van der Waals surface area contributed by atoms with Crippen molar-refractivity contribution in [3.05, 3.63) is 48.0 Å². The molecule has 0 bridgehead atoms. The van der Waals surface area contributed by atoms with Crippen LogP contribution in [-0.2, 0) is 25.8 Å². The number of fused-ring (bicyclic) bond motifs is 1. The number of methoxy groups -OCH3 is 1. The van der Waals surface area contributed by atoms with Crippen LogP contribution < -0.4 is 14.5 Å². The molecule has 2 aromatic rings. The number of carbonyl (C=O) groups excluding carboxylic acids is 2. The summed E-state index contributed by atoms with van der Waals surface area (Å²) in [7, 11) is -2.03. The third-order valence-corrected chi connectivity index (χ3v) is 8.85. The van der Waals surface area contributed by atoms with E-state index in [1.807, 2.05) is 24.3 Å². The van der Waals surface area contributed by atoms with E-state index in [0.717, 1.165) is 22.7 Å². The number of nitrogens with zero attached hydrogens (tertiary/aromatic N) is 3. The largest absolute Gasteiger partial charge is 0.497 e. The van der Waals surface area contributed by atoms with Crippen molar-refractivity contribution >= 4 is 33.0 Å². The molecule has 2 aliphatic heterocycles. The van der Waals surface area contributed by atoms with Crippen molar-refractivity contribution in [3.8, 4) is 5.75 Å². The zero-order valence-corrected chi connectivity index (χ0v) is 20.7. The van der Waals surface area contributed by atoms with Crippen LogP contribution in [0.25, 0.3) is 0 Å². The van der Waals surface area contributed by atoms with Gasteiger partial charge in [0.05, 0.1) is 17.3 Å². The van der Waals surface area contributed by atoms with E-state index in [2.05, 4.69) is 4.90 Å². The number of sulfone groups is 1. The maximum Gasteiger partial charge on any atom is 0.224 e. The maximum atomic E-state index is 13.2. The van der Waals surface area contributed by atoms with E-state index in [-0.39, 0.29) is 23.1 Å². The molecule has 8 nitrogen and oxygen atoms in total. The number of rotatable bonds is 6. The molecule has 34 heavy (non-hydrogen) atoms. The monoisotopic (exact) mass is 485 g/mol. The van der Waals surface area contributed by atoms with Crippen molar-refractivity contribution in [2.24, 2.45) is 0 Å². The van der Waals surface area contributed by atoms with Gasteiger partial charge in [-0.15, -0.1) is 0 Å². The minimum Gasteiger partial charge on any atom is -0.497 e. The Morgan fingerprint density at radius 1 is 1.00 bits per heavy atom. The fourth-order valence-electron chi connectivity index (χ4n) is 4.61. The van der Waals surface area contributed by atoms with E-state index in [1.54, 1.807) is 42.0 Å². The average Bonchev–Trinajstić information content (AvgIpc) is 3.28. The van der Waals surface area contributed by atoms with E-state index in [9.17, 15) is 18.0 Å². The average molecular weight is 486 g/mol. The summed E-state index contributed by atoms with van der Waals surface area (Å²) in [5.74, 6) is 0.599. The highest BCUT2D eigenvalue weighted by atomic mass is 32.2. The van der Waals surface area contributed by atoms with Gasteiger partial charge >= 0.3 is 0 Å². The summed E-state index contributed by atoms with van der Waals surface area (Å²) in [5, 5.41) is -0.831. The Morgan fingerprint density at radius 2 is 1.68 bits per heavy atom. The fourth-order valence-corrected chi connectivity index (χ4v) is 6.00. The van der Waals surface area contributed by atoms with Gasteiger partial charge in [0, 0.05) is 57.4 Å². The molecule has 0 radical (unpaired) electrons. The number of piperazine rings is 1. The SMILES string of the molecule is COc1ccc(N2CCN(C(=O)CC(C)S(=O)(=O)c3ccc4c(c3)CCN4C(C)=O)CC2)cc1. The van der Waals surface area contributed by atoms with Crippen LogP contribution in [0.1, 0.15) is 25.8 Å². The van der Waals surface area contributed by atoms with Crippen LogP contribution >= 0.6 is 0 Å². The van der Waals surface area contributed by atoms with E-state index in [4.69, 9.17) is 4.74 Å². The molecule has 0 saturated carbocycles. The third-order valence-electron chi connectivity index (χ3n) is 6.72. The van der Waals surface area contributed by atoms with Gasteiger partial charge in [0.1, 0.15) is 5.75 Å². The van der Waals surface area contributed by atoms with Crippen LogP contribution in [0.4, 0.5) is 11.4 Å². The highest BCUT2D eigenvalue weighted by Crippen LogP contribution is 2.32. The number of carbonyl (C=O) groups is 2. The Hall–Kier alpha value is -3.07. The van der Waals surface area contributed by atoms with Crippen molar-refractivity contribution in [1.82, 2.24) is 4.90 Å². The Kier molecular flexibility index (Phi) is 6.84. The maximum absolute atomic E-state index is 13.2. The van der Waals surface area contributed by atoms with Gasteiger partial charge in [-0.3, -0.25) is 9.59 Å². The molecule has 1 unspecified atom stereocenters. The lowest BCUT2D eigenvalue weighted by atomic mass is 10.2. The molecule has 0 aliphatic carbocycles. The molecule has 1 saturated heterocycles. The summed E-state index contributed by atoms with van der Waals surface area (Å²) < 4.78 is 31.6. The lowest BCUT2D eigenvalue weighted by Crippen LogP contribution is -2.49. The van der Waals surface area contributed by atoms with Crippen LogP contribution in [-0.4, -0.2) is 70.2 Å². The lowest BCUT2D eigenvalue weighted by molar-refractivity contribution is -0.131. The molecular formula is C25H31N3O5S. The Balaban J connectivity index is 1.36. The summed E-state index contributed by atoms with van der Waals surface area (Å²) in [6.45, 7) is 6.15. The van der Waals surface area contributed by atoms with Gasteiger partial charge in [-0.05, 0) is 61.4 Å². The number of amides is 2. The zero-order chi connectivity index (χ0) is 24.5. The molecule has 0 spiro atoms. The second kappa shape index (κ2) is 9.66. The van der Waals surface area contributed by atoms with Crippen LogP contribution in [0.5, 0.6) is 5.75 Å². The van der Waals surface area contributed by atoms with Crippen molar-refractivity contribution in [2.45, 2.75) is 36.8 Å². The van der Waals surface area contributed by atoms with Gasteiger partial charge in [0.25, 0.3) is 0 Å². The molecule has 2 amide bonds. The summed E-state index contributed by atoms with van der Waals surface area (Å²) in [4.78, 5) is 30.5. The van der Waals surface area contributed by atoms with E-state index in [1.165, 1.54) is 6.92 Å². The second-order valence-electron chi connectivity index (χ2n) is 8.84. The molecule has 1 atom stereocenters. The first-order chi connectivity index (χ1) is 16.2. The quantitative estimate of drug-likeness (QED) is 0.625. The van der Waals surface area contributed by atoms with Gasteiger partial charge in [-0.25, -0.2) is 8.42 Å². The molecule has 0 aromatic heterocycles. The first kappa shape index (κ1) is 24.1. The van der Waals surface area contributed by atoms with Crippen LogP contribution in [0.15, 0.2) is 47.4 Å². The molecule has 9 heteroatoms. The lowest BCUT2D eigenvalue weighted by Gasteiger charge is -2.36. The highest BCUT2D eigenvalue weighted by Gasteiger charge is 2.31. The molecule has 2 aliphatic rings. The molecule has 2 heterocycles. The molecule has 1 fully saturated rings. The van der Waals surface area contributed by atoms with Gasteiger partial charge < -0.3 is 19.4 Å². The van der Waals surface area contributed by atoms with Crippen molar-refractivity contribution in [3.63, 3.8) is 0 Å². The molecule has 182 valence electrons. The number of hydrogen-bond donors (Lipinski definition) is 0. The van der Waals surface area contributed by atoms with Crippen molar-refractivity contribution in [1.29, 1.82) is 0 Å². The van der Waals surface area contributed by atoms with Gasteiger partial charge in [0.15, 0.2) is 9.84 Å². The normalized spacial score (nSPS) is 16.9. The highest BCUT2D eigenvalue weighted by molar-refractivity contribution is 7.92. The molecule has 4 rings (SSSR count).